The third-order valence-electron chi connectivity index (χ3n) is 2.33. The van der Waals surface area contributed by atoms with Crippen molar-refractivity contribution in [2.45, 2.75) is 46.1 Å². The molecule has 1 amide bonds. The van der Waals surface area contributed by atoms with Crippen molar-refractivity contribution in [3.63, 3.8) is 0 Å². The lowest BCUT2D eigenvalue weighted by Crippen LogP contribution is -2.41. The summed E-state index contributed by atoms with van der Waals surface area (Å²) in [6.07, 6.45) is 0.556. The van der Waals surface area contributed by atoms with Gasteiger partial charge >= 0.3 is 5.97 Å². The van der Waals surface area contributed by atoms with Crippen LogP contribution in [0.1, 0.15) is 39.8 Å². The third-order valence-corrected chi connectivity index (χ3v) is 3.17. The summed E-state index contributed by atoms with van der Waals surface area (Å²) in [4.78, 5) is 27.2. The highest BCUT2D eigenvalue weighted by Crippen LogP contribution is 2.16. The number of nitrogens with one attached hydrogen (secondary N) is 2. The highest BCUT2D eigenvalue weighted by Gasteiger charge is 2.13. The van der Waals surface area contributed by atoms with Crippen molar-refractivity contribution < 1.29 is 14.3 Å². The molecular formula is C14H23N3O3S. The Morgan fingerprint density at radius 2 is 2.10 bits per heavy atom. The van der Waals surface area contributed by atoms with E-state index >= 15 is 0 Å². The van der Waals surface area contributed by atoms with Crippen LogP contribution in [0.2, 0.25) is 0 Å². The maximum Gasteiger partial charge on any atom is 0.311 e. The topological polar surface area (TPSA) is 80.3 Å². The van der Waals surface area contributed by atoms with Crippen LogP contribution in [0.25, 0.3) is 0 Å². The molecule has 6 nitrogen and oxygen atoms in total. The highest BCUT2D eigenvalue weighted by atomic mass is 32.1. The Labute approximate surface area is 129 Å². The Hall–Kier alpha value is -1.63. The lowest BCUT2D eigenvalue weighted by atomic mass is 10.1. The molecule has 0 atom stereocenters. The van der Waals surface area contributed by atoms with Gasteiger partial charge in [-0.15, -0.1) is 11.3 Å². The molecule has 0 aliphatic heterocycles. The highest BCUT2D eigenvalue weighted by molar-refractivity contribution is 7.13. The number of carbonyl (C=O) groups excluding carboxylic acids is 2. The molecule has 0 bridgehead atoms. The lowest BCUT2D eigenvalue weighted by Gasteiger charge is -2.20. The largest absolute Gasteiger partial charge is 0.466 e. The van der Waals surface area contributed by atoms with Crippen LogP contribution in [0.3, 0.4) is 0 Å². The van der Waals surface area contributed by atoms with Crippen molar-refractivity contribution >= 4 is 28.3 Å². The fourth-order valence-corrected chi connectivity index (χ4v) is 2.33. The molecule has 1 heterocycles. The van der Waals surface area contributed by atoms with Gasteiger partial charge in [0.2, 0.25) is 5.91 Å². The number of nitrogens with zero attached hydrogens (tertiary/aromatic N) is 1. The van der Waals surface area contributed by atoms with Crippen molar-refractivity contribution in [1.82, 2.24) is 10.3 Å². The molecule has 0 aromatic carbocycles. The first-order valence-corrected chi connectivity index (χ1v) is 7.83. The zero-order valence-corrected chi connectivity index (χ0v) is 13.8. The molecule has 118 valence electrons. The van der Waals surface area contributed by atoms with Gasteiger partial charge in [0.25, 0.3) is 0 Å². The molecular weight excluding hydrogens is 290 g/mol. The fraction of sp³-hybridized carbons (Fsp3) is 0.643. The number of amides is 1. The summed E-state index contributed by atoms with van der Waals surface area (Å²) in [7, 11) is 0. The molecule has 21 heavy (non-hydrogen) atoms. The molecule has 7 heteroatoms. The Kier molecular flexibility index (Phi) is 6.61. The van der Waals surface area contributed by atoms with Crippen LogP contribution in [-0.2, 0) is 20.7 Å². The number of carbonyl (C=O) groups is 2. The van der Waals surface area contributed by atoms with Gasteiger partial charge in [-0.2, -0.15) is 0 Å². The van der Waals surface area contributed by atoms with E-state index in [0.717, 1.165) is 0 Å². The van der Waals surface area contributed by atoms with Crippen LogP contribution >= 0.6 is 11.3 Å². The summed E-state index contributed by atoms with van der Waals surface area (Å²) in [5.41, 5.74) is 0.463. The van der Waals surface area contributed by atoms with E-state index in [1.54, 1.807) is 6.92 Å². The third kappa shape index (κ3) is 7.65. The number of hydrogen-bond acceptors (Lipinski definition) is 6. The van der Waals surface area contributed by atoms with E-state index in [2.05, 4.69) is 15.6 Å². The number of rotatable bonds is 7. The molecule has 0 radical (unpaired) electrons. The zero-order valence-electron chi connectivity index (χ0n) is 13.0. The summed E-state index contributed by atoms with van der Waals surface area (Å²) in [5.74, 6) is -0.280. The maximum absolute atomic E-state index is 11.6. The molecule has 0 saturated heterocycles. The van der Waals surface area contributed by atoms with E-state index in [4.69, 9.17) is 4.74 Å². The molecule has 0 fully saturated rings. The van der Waals surface area contributed by atoms with Crippen LogP contribution in [0, 0.1) is 0 Å². The molecule has 1 aromatic heterocycles. The minimum atomic E-state index is -0.279. The first kappa shape index (κ1) is 17.4. The molecule has 0 saturated carbocycles. The van der Waals surface area contributed by atoms with Gasteiger partial charge in [-0.25, -0.2) is 4.98 Å². The predicted molar refractivity (Wildman–Crippen MR) is 83.5 cm³/mol. The number of hydrogen-bond donors (Lipinski definition) is 2. The summed E-state index contributed by atoms with van der Waals surface area (Å²) < 4.78 is 4.87. The van der Waals surface area contributed by atoms with Crippen molar-refractivity contribution in [2.75, 3.05) is 18.5 Å². The second-order valence-corrected chi connectivity index (χ2v) is 6.46. The fourth-order valence-electron chi connectivity index (χ4n) is 1.59. The molecule has 0 aliphatic rings. The summed E-state index contributed by atoms with van der Waals surface area (Å²) in [5, 5.41) is 8.50. The van der Waals surface area contributed by atoms with Crippen molar-refractivity contribution in [2.24, 2.45) is 0 Å². The summed E-state index contributed by atoms with van der Waals surface area (Å²) in [6.45, 7) is 8.49. The summed E-state index contributed by atoms with van der Waals surface area (Å²) >= 11 is 1.41. The average Bonchev–Trinajstić information content (AvgIpc) is 2.74. The standard InChI is InChI=1S/C14H23N3O3S/c1-5-20-12(19)8-10-9-21-13(16-10)15-7-6-11(18)17-14(2,3)4/h9H,5-8H2,1-4H3,(H,15,16)(H,17,18). The maximum atomic E-state index is 11.6. The molecule has 0 spiro atoms. The first-order chi connectivity index (χ1) is 9.80. The summed E-state index contributed by atoms with van der Waals surface area (Å²) in [6, 6.07) is 0. The van der Waals surface area contributed by atoms with Gasteiger partial charge in [-0.1, -0.05) is 0 Å². The second kappa shape index (κ2) is 7.97. The average molecular weight is 313 g/mol. The van der Waals surface area contributed by atoms with Gasteiger partial charge in [-0.05, 0) is 27.7 Å². The van der Waals surface area contributed by atoms with E-state index in [1.807, 2.05) is 26.2 Å². The van der Waals surface area contributed by atoms with Gasteiger partial charge in [0.15, 0.2) is 5.13 Å². The van der Waals surface area contributed by atoms with Crippen LogP contribution in [0.5, 0.6) is 0 Å². The molecule has 1 rings (SSSR count). The Balaban J connectivity index is 2.32. The number of anilines is 1. The Bertz CT molecular complexity index is 480. The van der Waals surface area contributed by atoms with Crippen LogP contribution in [0.4, 0.5) is 5.13 Å². The lowest BCUT2D eigenvalue weighted by molar-refractivity contribution is -0.142. The smallest absolute Gasteiger partial charge is 0.311 e. The van der Waals surface area contributed by atoms with Crippen LogP contribution < -0.4 is 10.6 Å². The van der Waals surface area contributed by atoms with Gasteiger partial charge in [0.1, 0.15) is 0 Å². The van der Waals surface area contributed by atoms with E-state index in [9.17, 15) is 9.59 Å². The number of aromatic nitrogens is 1. The SMILES string of the molecule is CCOC(=O)Cc1csc(NCCC(=O)NC(C)(C)C)n1. The van der Waals surface area contributed by atoms with Crippen molar-refractivity contribution in [3.05, 3.63) is 11.1 Å². The Morgan fingerprint density at radius 1 is 1.38 bits per heavy atom. The van der Waals surface area contributed by atoms with Gasteiger partial charge < -0.3 is 15.4 Å². The van der Waals surface area contributed by atoms with Crippen LogP contribution in [0.15, 0.2) is 5.38 Å². The second-order valence-electron chi connectivity index (χ2n) is 5.60. The first-order valence-electron chi connectivity index (χ1n) is 6.95. The van der Waals surface area contributed by atoms with Gasteiger partial charge in [0, 0.05) is 23.9 Å². The molecule has 2 N–H and O–H groups in total. The zero-order chi connectivity index (χ0) is 15.9. The minimum Gasteiger partial charge on any atom is -0.466 e. The van der Waals surface area contributed by atoms with Gasteiger partial charge in [0.05, 0.1) is 18.7 Å². The molecule has 0 unspecified atom stereocenters. The minimum absolute atomic E-state index is 0.00157. The quantitative estimate of drug-likeness (QED) is 0.752. The molecule has 1 aromatic rings. The monoisotopic (exact) mass is 313 g/mol. The predicted octanol–water partition coefficient (Wildman–Crippen LogP) is 1.97. The van der Waals surface area contributed by atoms with E-state index in [-0.39, 0.29) is 23.8 Å². The Morgan fingerprint density at radius 3 is 2.71 bits per heavy atom. The van der Waals surface area contributed by atoms with E-state index < -0.39 is 0 Å². The van der Waals surface area contributed by atoms with Crippen molar-refractivity contribution in [3.8, 4) is 0 Å². The van der Waals surface area contributed by atoms with E-state index in [0.29, 0.717) is 30.4 Å². The van der Waals surface area contributed by atoms with Crippen LogP contribution in [-0.4, -0.2) is 35.6 Å². The van der Waals surface area contributed by atoms with E-state index in [1.165, 1.54) is 11.3 Å². The number of ether oxygens (including phenoxy) is 1. The number of thiazole rings is 1. The van der Waals surface area contributed by atoms with Crippen molar-refractivity contribution in [1.29, 1.82) is 0 Å². The molecule has 0 aliphatic carbocycles. The van der Waals surface area contributed by atoms with Gasteiger partial charge in [-0.3, -0.25) is 9.59 Å². The number of esters is 1. The normalized spacial score (nSPS) is 11.0.